The molecule has 23 heavy (non-hydrogen) atoms. The molecule has 0 fully saturated rings. The molecule has 1 heterocycles. The monoisotopic (exact) mass is 307 g/mol. The number of hydrogen-bond donors (Lipinski definition) is 1. The van der Waals surface area contributed by atoms with Crippen LogP contribution < -0.4 is 10.2 Å². The normalized spacial score (nSPS) is 19.1. The second kappa shape index (κ2) is 5.73. The lowest BCUT2D eigenvalue weighted by Crippen LogP contribution is -2.57. The number of anilines is 2. The highest BCUT2D eigenvalue weighted by Crippen LogP contribution is 2.37. The van der Waals surface area contributed by atoms with Crippen LogP contribution in [0.3, 0.4) is 0 Å². The molecule has 2 aromatic rings. The summed E-state index contributed by atoms with van der Waals surface area (Å²) in [6.07, 6.45) is 0.995. The molecule has 1 aliphatic heterocycles. The molecule has 0 amide bonds. The van der Waals surface area contributed by atoms with Crippen molar-refractivity contribution in [1.29, 1.82) is 0 Å². The quantitative estimate of drug-likeness (QED) is 0.852. The summed E-state index contributed by atoms with van der Waals surface area (Å²) in [4.78, 5) is 7.31. The zero-order chi connectivity index (χ0) is 16.5. The zero-order valence-corrected chi connectivity index (χ0v) is 14.4. The van der Waals surface area contributed by atoms with Crippen LogP contribution in [-0.4, -0.2) is 17.0 Å². The molecule has 2 aromatic carbocycles. The topological polar surface area (TPSA) is 27.6 Å². The Morgan fingerprint density at radius 2 is 1.43 bits per heavy atom. The summed E-state index contributed by atoms with van der Waals surface area (Å²) in [5.41, 5.74) is 2.10. The summed E-state index contributed by atoms with van der Waals surface area (Å²) in [6.45, 7) is 8.96. The second-order valence-corrected chi connectivity index (χ2v) is 7.40. The Morgan fingerprint density at radius 1 is 0.870 bits per heavy atom. The van der Waals surface area contributed by atoms with E-state index in [1.54, 1.807) is 0 Å². The Bertz CT molecular complexity index is 687. The first-order valence-electron chi connectivity index (χ1n) is 8.15. The van der Waals surface area contributed by atoms with Crippen LogP contribution in [0, 0.1) is 0 Å². The Kier molecular flexibility index (Phi) is 3.88. The number of rotatable bonds is 2. The lowest BCUT2D eigenvalue weighted by atomic mass is 9.84. The van der Waals surface area contributed by atoms with Crippen molar-refractivity contribution in [3.05, 3.63) is 60.7 Å². The molecule has 0 atom stereocenters. The van der Waals surface area contributed by atoms with Crippen LogP contribution in [-0.2, 0) is 0 Å². The predicted octanol–water partition coefficient (Wildman–Crippen LogP) is 4.92. The van der Waals surface area contributed by atoms with Crippen molar-refractivity contribution in [2.75, 3.05) is 10.2 Å². The van der Waals surface area contributed by atoms with Crippen LogP contribution in [0.15, 0.2) is 65.7 Å². The molecule has 0 bridgehead atoms. The molecule has 3 heteroatoms. The lowest BCUT2D eigenvalue weighted by Gasteiger charge is -2.48. The molecule has 1 aliphatic rings. The first kappa shape index (κ1) is 15.6. The molecule has 1 N–H and O–H groups in total. The van der Waals surface area contributed by atoms with E-state index in [1.807, 2.05) is 24.3 Å². The van der Waals surface area contributed by atoms with Crippen LogP contribution in [0.1, 0.15) is 34.1 Å². The van der Waals surface area contributed by atoms with Gasteiger partial charge in [0.05, 0.1) is 5.54 Å². The molecule has 0 aromatic heterocycles. The number of benzene rings is 2. The van der Waals surface area contributed by atoms with Gasteiger partial charge in [0.25, 0.3) is 0 Å². The van der Waals surface area contributed by atoms with Gasteiger partial charge in [-0.3, -0.25) is 0 Å². The van der Waals surface area contributed by atoms with E-state index < -0.39 is 0 Å². The number of para-hydroxylation sites is 2. The molecule has 0 aliphatic carbocycles. The maximum Gasteiger partial charge on any atom is 0.204 e. The van der Waals surface area contributed by atoms with E-state index in [1.165, 1.54) is 0 Å². The first-order chi connectivity index (χ1) is 10.9. The molecule has 120 valence electrons. The van der Waals surface area contributed by atoms with Crippen LogP contribution in [0.2, 0.25) is 0 Å². The molecule has 0 unspecified atom stereocenters. The van der Waals surface area contributed by atoms with E-state index in [9.17, 15) is 0 Å². The van der Waals surface area contributed by atoms with Gasteiger partial charge in [0, 0.05) is 16.9 Å². The van der Waals surface area contributed by atoms with Crippen LogP contribution in [0.25, 0.3) is 0 Å². The minimum absolute atomic E-state index is 0.0241. The van der Waals surface area contributed by atoms with Crippen molar-refractivity contribution in [3.63, 3.8) is 0 Å². The van der Waals surface area contributed by atoms with Gasteiger partial charge in [0.1, 0.15) is 0 Å². The van der Waals surface area contributed by atoms with Gasteiger partial charge in [-0.25, -0.2) is 4.99 Å². The van der Waals surface area contributed by atoms with E-state index in [-0.39, 0.29) is 11.1 Å². The maximum atomic E-state index is 4.99. The van der Waals surface area contributed by atoms with Crippen LogP contribution >= 0.6 is 0 Å². The third kappa shape index (κ3) is 3.39. The maximum absolute atomic E-state index is 4.99. The van der Waals surface area contributed by atoms with Gasteiger partial charge in [-0.05, 0) is 58.4 Å². The van der Waals surface area contributed by atoms with Gasteiger partial charge in [0.15, 0.2) is 0 Å². The van der Waals surface area contributed by atoms with E-state index in [0.717, 1.165) is 23.8 Å². The fraction of sp³-hybridized carbons (Fsp3) is 0.350. The third-order valence-corrected chi connectivity index (χ3v) is 4.14. The molecule has 0 spiro atoms. The fourth-order valence-corrected chi connectivity index (χ4v) is 3.58. The average Bonchev–Trinajstić information content (AvgIpc) is 2.46. The standard InChI is InChI=1S/C20H25N3/c1-19(2)15-20(3,4)23(17-13-9-6-10-14-17)18(22-19)21-16-11-7-5-8-12-16/h5-14H,15H2,1-4H3,(H,21,22). The van der Waals surface area contributed by atoms with Crippen molar-refractivity contribution in [2.45, 2.75) is 45.2 Å². The van der Waals surface area contributed by atoms with E-state index in [0.29, 0.717) is 0 Å². The molecule has 0 saturated heterocycles. The Morgan fingerprint density at radius 3 is 2.04 bits per heavy atom. The molecule has 3 nitrogen and oxygen atoms in total. The van der Waals surface area contributed by atoms with Crippen molar-refractivity contribution in [2.24, 2.45) is 4.99 Å². The van der Waals surface area contributed by atoms with Crippen molar-refractivity contribution in [3.8, 4) is 0 Å². The van der Waals surface area contributed by atoms with Crippen LogP contribution in [0.5, 0.6) is 0 Å². The summed E-state index contributed by atoms with van der Waals surface area (Å²) < 4.78 is 0. The number of nitrogens with one attached hydrogen (secondary N) is 1. The number of aliphatic imine (C=N–C) groups is 1. The summed E-state index contributed by atoms with van der Waals surface area (Å²) in [6, 6.07) is 20.7. The highest BCUT2D eigenvalue weighted by molar-refractivity contribution is 6.07. The number of guanidine groups is 1. The van der Waals surface area contributed by atoms with Gasteiger partial charge in [-0.15, -0.1) is 0 Å². The van der Waals surface area contributed by atoms with E-state index in [2.05, 4.69) is 74.3 Å². The lowest BCUT2D eigenvalue weighted by molar-refractivity contribution is 0.334. The molecular formula is C20H25N3. The number of hydrogen-bond acceptors (Lipinski definition) is 3. The molecule has 0 saturated carbocycles. The smallest absolute Gasteiger partial charge is 0.204 e. The minimum atomic E-state index is -0.0914. The predicted molar refractivity (Wildman–Crippen MR) is 99.2 cm³/mol. The van der Waals surface area contributed by atoms with Gasteiger partial charge < -0.3 is 10.2 Å². The summed E-state index contributed by atoms with van der Waals surface area (Å²) in [5.74, 6) is 0.906. The fourth-order valence-electron chi connectivity index (χ4n) is 3.58. The molecule has 0 radical (unpaired) electrons. The summed E-state index contributed by atoms with van der Waals surface area (Å²) >= 11 is 0. The second-order valence-electron chi connectivity index (χ2n) is 7.40. The number of nitrogens with zero attached hydrogens (tertiary/aromatic N) is 2. The Labute approximate surface area is 139 Å². The van der Waals surface area contributed by atoms with Gasteiger partial charge in [-0.1, -0.05) is 36.4 Å². The zero-order valence-electron chi connectivity index (χ0n) is 14.4. The largest absolute Gasteiger partial charge is 0.326 e. The van der Waals surface area contributed by atoms with Crippen molar-refractivity contribution >= 4 is 17.3 Å². The molecular weight excluding hydrogens is 282 g/mol. The minimum Gasteiger partial charge on any atom is -0.326 e. The highest BCUT2D eigenvalue weighted by Gasteiger charge is 2.41. The van der Waals surface area contributed by atoms with Gasteiger partial charge >= 0.3 is 0 Å². The average molecular weight is 307 g/mol. The summed E-state index contributed by atoms with van der Waals surface area (Å²) in [5, 5.41) is 3.52. The third-order valence-electron chi connectivity index (χ3n) is 4.14. The SMILES string of the molecule is CC1(C)CC(C)(C)N(c2ccccc2)C(Nc2ccccc2)=N1. The first-order valence-corrected chi connectivity index (χ1v) is 8.15. The summed E-state index contributed by atoms with van der Waals surface area (Å²) in [7, 11) is 0. The van der Waals surface area contributed by atoms with Gasteiger partial charge in [-0.2, -0.15) is 0 Å². The van der Waals surface area contributed by atoms with Crippen molar-refractivity contribution in [1.82, 2.24) is 0 Å². The van der Waals surface area contributed by atoms with Gasteiger partial charge in [0.2, 0.25) is 5.96 Å². The van der Waals surface area contributed by atoms with E-state index in [4.69, 9.17) is 4.99 Å². The molecule has 3 rings (SSSR count). The Balaban J connectivity index is 2.05. The van der Waals surface area contributed by atoms with Crippen molar-refractivity contribution < 1.29 is 0 Å². The highest BCUT2D eigenvalue weighted by atomic mass is 15.4. The Hall–Kier alpha value is -2.29. The van der Waals surface area contributed by atoms with E-state index >= 15 is 0 Å². The van der Waals surface area contributed by atoms with Crippen LogP contribution in [0.4, 0.5) is 11.4 Å².